The highest BCUT2D eigenvalue weighted by atomic mass is 16.5. The highest BCUT2D eigenvalue weighted by Gasteiger charge is 2.35. The average Bonchev–Trinajstić information content (AvgIpc) is 2.59. The first-order valence-electron chi connectivity index (χ1n) is 9.21. The molecule has 4 heteroatoms. The Morgan fingerprint density at radius 1 is 1.33 bits per heavy atom. The van der Waals surface area contributed by atoms with E-state index in [2.05, 4.69) is 19.2 Å². The van der Waals surface area contributed by atoms with E-state index in [9.17, 15) is 9.90 Å². The average molecular weight is 333 g/mol. The summed E-state index contributed by atoms with van der Waals surface area (Å²) < 4.78 is 5.28. The van der Waals surface area contributed by atoms with Crippen molar-refractivity contribution >= 4 is 5.91 Å². The number of carbonyl (C=O) groups excluding carboxylic acids is 1. The molecule has 0 fully saturated rings. The van der Waals surface area contributed by atoms with E-state index >= 15 is 0 Å². The molecule has 134 valence electrons. The van der Waals surface area contributed by atoms with Gasteiger partial charge in [-0.15, -0.1) is 0 Å². The van der Waals surface area contributed by atoms with Crippen molar-refractivity contribution in [2.75, 3.05) is 13.7 Å². The Bertz CT molecular complexity index is 552. The summed E-state index contributed by atoms with van der Waals surface area (Å²) in [5, 5.41) is 14.1. The Balaban J connectivity index is 2.08. The number of rotatable bonds is 8. The number of hydrogen-bond donors (Lipinski definition) is 2. The van der Waals surface area contributed by atoms with Crippen LogP contribution in [-0.2, 0) is 16.8 Å². The maximum absolute atomic E-state index is 12.5. The molecule has 2 N–H and O–H groups in total. The number of carbonyl (C=O) groups is 1. The van der Waals surface area contributed by atoms with Crippen molar-refractivity contribution in [1.82, 2.24) is 5.32 Å². The number of hydrogen-bond acceptors (Lipinski definition) is 3. The molecule has 0 bridgehead atoms. The third-order valence-electron chi connectivity index (χ3n) is 5.05. The molecule has 4 nitrogen and oxygen atoms in total. The Morgan fingerprint density at radius 2 is 2.04 bits per heavy atom. The maximum atomic E-state index is 12.5. The van der Waals surface area contributed by atoms with Gasteiger partial charge in [0.25, 0.3) is 0 Å². The second-order valence-corrected chi connectivity index (χ2v) is 6.90. The topological polar surface area (TPSA) is 58.6 Å². The molecule has 1 aliphatic carbocycles. The number of nitrogens with one attached hydrogen (secondary N) is 1. The first-order valence-corrected chi connectivity index (χ1v) is 9.21. The minimum atomic E-state index is -0.974. The highest BCUT2D eigenvalue weighted by Crippen LogP contribution is 2.36. The number of amides is 1. The lowest BCUT2D eigenvalue weighted by atomic mass is 9.79. The lowest BCUT2D eigenvalue weighted by Crippen LogP contribution is -2.44. The first-order chi connectivity index (χ1) is 11.5. The van der Waals surface area contributed by atoms with E-state index in [0.29, 0.717) is 6.42 Å². The van der Waals surface area contributed by atoms with Crippen LogP contribution >= 0.6 is 0 Å². The number of benzene rings is 1. The van der Waals surface area contributed by atoms with Crippen LogP contribution in [0.3, 0.4) is 0 Å². The zero-order chi connectivity index (χ0) is 17.6. The van der Waals surface area contributed by atoms with Gasteiger partial charge < -0.3 is 15.2 Å². The number of ether oxygens (including phenoxy) is 1. The summed E-state index contributed by atoms with van der Waals surface area (Å²) in [7, 11) is 1.65. The van der Waals surface area contributed by atoms with Crippen molar-refractivity contribution in [1.29, 1.82) is 0 Å². The monoisotopic (exact) mass is 333 g/mol. The van der Waals surface area contributed by atoms with Crippen LogP contribution in [0, 0.1) is 5.92 Å². The standard InChI is InChI=1S/C20H31NO3/c1-4-7-15(8-5-2)19(22)21-14-20(23)12-6-9-16-13-17(24-3)10-11-18(16)20/h10-11,13,15,23H,4-9,12,14H2,1-3H3,(H,21,22). The van der Waals surface area contributed by atoms with E-state index in [1.54, 1.807) is 7.11 Å². The van der Waals surface area contributed by atoms with Crippen LogP contribution in [0.15, 0.2) is 18.2 Å². The van der Waals surface area contributed by atoms with Crippen LogP contribution in [0.25, 0.3) is 0 Å². The van der Waals surface area contributed by atoms with Gasteiger partial charge in [-0.05, 0) is 55.4 Å². The summed E-state index contributed by atoms with van der Waals surface area (Å²) in [6.07, 6.45) is 6.36. The number of aliphatic hydroxyl groups is 1. The number of aryl methyl sites for hydroxylation is 1. The summed E-state index contributed by atoms with van der Waals surface area (Å²) in [6.45, 7) is 4.50. The van der Waals surface area contributed by atoms with Crippen LogP contribution in [0.5, 0.6) is 5.75 Å². The molecule has 1 aromatic rings. The van der Waals surface area contributed by atoms with Gasteiger partial charge in [0.2, 0.25) is 5.91 Å². The fraction of sp³-hybridized carbons (Fsp3) is 0.650. The number of methoxy groups -OCH3 is 1. The van der Waals surface area contributed by atoms with E-state index in [-0.39, 0.29) is 18.4 Å². The molecule has 1 unspecified atom stereocenters. The molecule has 0 heterocycles. The van der Waals surface area contributed by atoms with E-state index in [0.717, 1.165) is 55.4 Å². The van der Waals surface area contributed by atoms with Gasteiger partial charge in [0, 0.05) is 5.92 Å². The fourth-order valence-electron chi connectivity index (χ4n) is 3.73. The predicted molar refractivity (Wildman–Crippen MR) is 96.1 cm³/mol. The van der Waals surface area contributed by atoms with Crippen molar-refractivity contribution in [2.24, 2.45) is 5.92 Å². The van der Waals surface area contributed by atoms with Gasteiger partial charge in [-0.1, -0.05) is 32.8 Å². The van der Waals surface area contributed by atoms with Gasteiger partial charge in [0.1, 0.15) is 11.4 Å². The van der Waals surface area contributed by atoms with Crippen molar-refractivity contribution in [3.05, 3.63) is 29.3 Å². The van der Waals surface area contributed by atoms with E-state index in [1.807, 2.05) is 18.2 Å². The van der Waals surface area contributed by atoms with Crippen LogP contribution < -0.4 is 10.1 Å². The molecular weight excluding hydrogens is 302 g/mol. The van der Waals surface area contributed by atoms with Crippen molar-refractivity contribution < 1.29 is 14.6 Å². The van der Waals surface area contributed by atoms with Gasteiger partial charge in [0.05, 0.1) is 13.7 Å². The molecule has 24 heavy (non-hydrogen) atoms. The molecular formula is C20H31NO3. The van der Waals surface area contributed by atoms with Crippen LogP contribution in [0.2, 0.25) is 0 Å². The first kappa shape index (κ1) is 18.8. The summed E-state index contributed by atoms with van der Waals surface area (Å²) in [6, 6.07) is 5.82. The normalized spacial score (nSPS) is 19.9. The third-order valence-corrected chi connectivity index (χ3v) is 5.05. The van der Waals surface area contributed by atoms with Gasteiger partial charge in [-0.2, -0.15) is 0 Å². The summed E-state index contributed by atoms with van der Waals surface area (Å²) in [5.74, 6) is 0.947. The lowest BCUT2D eigenvalue weighted by molar-refractivity contribution is -0.127. The summed E-state index contributed by atoms with van der Waals surface area (Å²) in [5.41, 5.74) is 1.08. The predicted octanol–water partition coefficient (Wildman–Crippen LogP) is 3.55. The van der Waals surface area contributed by atoms with Gasteiger partial charge in [-0.25, -0.2) is 0 Å². The smallest absolute Gasteiger partial charge is 0.223 e. The minimum absolute atomic E-state index is 0.0579. The summed E-state index contributed by atoms with van der Waals surface area (Å²) in [4.78, 5) is 12.5. The molecule has 0 aromatic heterocycles. The molecule has 1 aliphatic rings. The molecule has 0 spiro atoms. The minimum Gasteiger partial charge on any atom is -0.497 e. The van der Waals surface area contributed by atoms with Gasteiger partial charge in [-0.3, -0.25) is 4.79 Å². The Kier molecular flexibility index (Phi) is 6.67. The second kappa shape index (κ2) is 8.52. The zero-order valence-corrected chi connectivity index (χ0v) is 15.2. The Morgan fingerprint density at radius 3 is 2.67 bits per heavy atom. The third kappa shape index (κ3) is 4.29. The zero-order valence-electron chi connectivity index (χ0n) is 15.2. The fourth-order valence-corrected chi connectivity index (χ4v) is 3.73. The Hall–Kier alpha value is -1.55. The van der Waals surface area contributed by atoms with E-state index in [1.165, 1.54) is 0 Å². The van der Waals surface area contributed by atoms with Crippen molar-refractivity contribution in [2.45, 2.75) is 64.4 Å². The second-order valence-electron chi connectivity index (χ2n) is 6.90. The van der Waals surface area contributed by atoms with E-state index < -0.39 is 5.60 Å². The largest absolute Gasteiger partial charge is 0.497 e. The van der Waals surface area contributed by atoms with Gasteiger partial charge >= 0.3 is 0 Å². The Labute approximate surface area is 145 Å². The molecule has 2 rings (SSSR count). The van der Waals surface area contributed by atoms with Gasteiger partial charge in [0.15, 0.2) is 0 Å². The highest BCUT2D eigenvalue weighted by molar-refractivity contribution is 5.78. The SMILES string of the molecule is CCCC(CCC)C(=O)NCC1(O)CCCc2cc(OC)ccc21. The molecule has 0 aliphatic heterocycles. The van der Waals surface area contributed by atoms with Crippen molar-refractivity contribution in [3.63, 3.8) is 0 Å². The molecule has 1 amide bonds. The van der Waals surface area contributed by atoms with Crippen LogP contribution in [0.4, 0.5) is 0 Å². The molecule has 0 saturated heterocycles. The quantitative estimate of drug-likeness (QED) is 0.765. The van der Waals surface area contributed by atoms with Crippen molar-refractivity contribution in [3.8, 4) is 5.75 Å². The molecule has 0 radical (unpaired) electrons. The molecule has 0 saturated carbocycles. The summed E-state index contributed by atoms with van der Waals surface area (Å²) >= 11 is 0. The van der Waals surface area contributed by atoms with Crippen LogP contribution in [0.1, 0.15) is 63.5 Å². The molecule has 1 aromatic carbocycles. The van der Waals surface area contributed by atoms with Crippen LogP contribution in [-0.4, -0.2) is 24.7 Å². The maximum Gasteiger partial charge on any atom is 0.223 e. The number of fused-ring (bicyclic) bond motifs is 1. The van der Waals surface area contributed by atoms with E-state index in [4.69, 9.17) is 4.74 Å². The lowest BCUT2D eigenvalue weighted by Gasteiger charge is -2.35. The molecule has 1 atom stereocenters.